The number of anilines is 1. The smallest absolute Gasteiger partial charge is 0.0400 e. The summed E-state index contributed by atoms with van der Waals surface area (Å²) in [5.41, 5.74) is 5.29. The fraction of sp³-hybridized carbons (Fsp3) is 0.214. The molecular formula is C14H15N3. The van der Waals surface area contributed by atoms with Gasteiger partial charge in [-0.25, -0.2) is 0 Å². The molecule has 3 nitrogen and oxygen atoms in total. The third-order valence-corrected chi connectivity index (χ3v) is 3.08. The first-order chi connectivity index (χ1) is 8.42. The fourth-order valence-electron chi connectivity index (χ4n) is 2.13. The highest BCUT2D eigenvalue weighted by Gasteiger charge is 2.09. The fourth-order valence-corrected chi connectivity index (χ4v) is 2.13. The summed E-state index contributed by atoms with van der Waals surface area (Å²) in [5, 5.41) is 6.75. The van der Waals surface area contributed by atoms with Gasteiger partial charge in [0, 0.05) is 37.7 Å². The summed E-state index contributed by atoms with van der Waals surface area (Å²) in [5.74, 6) is 0. The van der Waals surface area contributed by atoms with Crippen LogP contribution in [0.5, 0.6) is 0 Å². The van der Waals surface area contributed by atoms with E-state index in [2.05, 4.69) is 33.8 Å². The third kappa shape index (κ3) is 2.29. The zero-order valence-corrected chi connectivity index (χ0v) is 9.61. The first-order valence-electron chi connectivity index (χ1n) is 5.87. The van der Waals surface area contributed by atoms with Crippen LogP contribution in [0, 0.1) is 0 Å². The van der Waals surface area contributed by atoms with E-state index in [4.69, 9.17) is 0 Å². The number of aromatic nitrogens is 1. The Bertz CT molecular complexity index is 508. The van der Waals surface area contributed by atoms with E-state index in [-0.39, 0.29) is 0 Å². The Balaban J connectivity index is 1.70. The number of nitrogens with one attached hydrogen (secondary N) is 2. The van der Waals surface area contributed by atoms with Crippen LogP contribution in [-0.4, -0.2) is 4.98 Å². The maximum atomic E-state index is 4.00. The van der Waals surface area contributed by atoms with Crippen molar-refractivity contribution in [2.75, 3.05) is 5.32 Å². The molecule has 0 fully saturated rings. The van der Waals surface area contributed by atoms with Crippen molar-refractivity contribution in [3.05, 3.63) is 59.4 Å². The lowest BCUT2D eigenvalue weighted by Crippen LogP contribution is -2.00. The second kappa shape index (κ2) is 4.55. The van der Waals surface area contributed by atoms with Gasteiger partial charge in [-0.3, -0.25) is 4.98 Å². The Morgan fingerprint density at radius 1 is 1.06 bits per heavy atom. The number of benzene rings is 1. The van der Waals surface area contributed by atoms with Crippen molar-refractivity contribution in [1.82, 2.24) is 10.3 Å². The first-order valence-corrected chi connectivity index (χ1v) is 5.87. The molecule has 1 aliphatic rings. The van der Waals surface area contributed by atoms with Crippen molar-refractivity contribution < 1.29 is 0 Å². The van der Waals surface area contributed by atoms with Gasteiger partial charge in [-0.1, -0.05) is 18.2 Å². The lowest BCUT2D eigenvalue weighted by Gasteiger charge is -2.07. The molecule has 0 radical (unpaired) electrons. The van der Waals surface area contributed by atoms with Gasteiger partial charge in [-0.2, -0.15) is 0 Å². The van der Waals surface area contributed by atoms with E-state index < -0.39 is 0 Å². The van der Waals surface area contributed by atoms with Gasteiger partial charge in [0.2, 0.25) is 0 Å². The van der Waals surface area contributed by atoms with Crippen LogP contribution >= 0.6 is 0 Å². The summed E-state index contributed by atoms with van der Waals surface area (Å²) in [4.78, 5) is 4.00. The van der Waals surface area contributed by atoms with Gasteiger partial charge in [-0.15, -0.1) is 0 Å². The Kier molecular flexibility index (Phi) is 2.76. The van der Waals surface area contributed by atoms with E-state index in [1.165, 1.54) is 16.7 Å². The van der Waals surface area contributed by atoms with E-state index >= 15 is 0 Å². The van der Waals surface area contributed by atoms with Crippen molar-refractivity contribution in [1.29, 1.82) is 0 Å². The van der Waals surface area contributed by atoms with Crippen molar-refractivity contribution in [3.63, 3.8) is 0 Å². The Morgan fingerprint density at radius 3 is 2.76 bits per heavy atom. The molecule has 0 spiro atoms. The van der Waals surface area contributed by atoms with Crippen molar-refractivity contribution in [3.8, 4) is 0 Å². The number of nitrogens with zero attached hydrogens (tertiary/aromatic N) is 1. The van der Waals surface area contributed by atoms with Crippen molar-refractivity contribution in [2.45, 2.75) is 19.6 Å². The van der Waals surface area contributed by atoms with Crippen LogP contribution in [0.15, 0.2) is 42.7 Å². The summed E-state index contributed by atoms with van der Waals surface area (Å²) in [6.07, 6.45) is 3.60. The van der Waals surface area contributed by atoms with Crippen molar-refractivity contribution in [2.24, 2.45) is 0 Å². The molecule has 2 heterocycles. The van der Waals surface area contributed by atoms with E-state index in [1.807, 2.05) is 12.1 Å². The predicted octanol–water partition coefficient (Wildman–Crippen LogP) is 2.30. The van der Waals surface area contributed by atoms with Gasteiger partial charge in [0.05, 0.1) is 0 Å². The molecular weight excluding hydrogens is 210 g/mol. The molecule has 0 aliphatic carbocycles. The quantitative estimate of drug-likeness (QED) is 0.841. The molecule has 0 saturated carbocycles. The van der Waals surface area contributed by atoms with Gasteiger partial charge in [-0.05, 0) is 28.8 Å². The van der Waals surface area contributed by atoms with Gasteiger partial charge in [0.25, 0.3) is 0 Å². The third-order valence-electron chi connectivity index (χ3n) is 3.08. The Morgan fingerprint density at radius 2 is 1.88 bits per heavy atom. The van der Waals surface area contributed by atoms with Crippen LogP contribution in [0.25, 0.3) is 0 Å². The summed E-state index contributed by atoms with van der Waals surface area (Å²) in [6, 6.07) is 10.7. The van der Waals surface area contributed by atoms with Crippen LogP contribution in [0.1, 0.15) is 16.7 Å². The molecule has 3 heteroatoms. The van der Waals surface area contributed by atoms with Gasteiger partial charge in [0.1, 0.15) is 0 Å². The Labute approximate surface area is 101 Å². The monoisotopic (exact) mass is 225 g/mol. The highest BCUT2D eigenvalue weighted by molar-refractivity contribution is 5.42. The standard InChI is InChI=1S/C14H15N3/c1-2-12-9-16-10-13(12)7-11(1)8-17-14-3-5-15-6-4-14/h1-7,16H,8-10H2,(H,15,17). The minimum atomic E-state index is 0.858. The van der Waals surface area contributed by atoms with Crippen LogP contribution in [0.3, 0.4) is 0 Å². The molecule has 2 aromatic rings. The SMILES string of the molecule is c1cc(NCc2ccc3c(c2)CNC3)ccn1. The number of pyridine rings is 1. The summed E-state index contributed by atoms with van der Waals surface area (Å²) in [7, 11) is 0. The number of hydrogen-bond acceptors (Lipinski definition) is 3. The molecule has 1 aromatic heterocycles. The minimum absolute atomic E-state index is 0.858. The van der Waals surface area contributed by atoms with Crippen LogP contribution < -0.4 is 10.6 Å². The molecule has 1 aliphatic heterocycles. The van der Waals surface area contributed by atoms with Crippen molar-refractivity contribution >= 4 is 5.69 Å². The Hall–Kier alpha value is -1.87. The van der Waals surface area contributed by atoms with E-state index in [1.54, 1.807) is 12.4 Å². The number of fused-ring (bicyclic) bond motifs is 1. The lowest BCUT2D eigenvalue weighted by atomic mass is 10.1. The highest BCUT2D eigenvalue weighted by Crippen LogP contribution is 2.17. The normalized spacial score (nSPS) is 13.4. The number of rotatable bonds is 3. The summed E-state index contributed by atoms with van der Waals surface area (Å²) >= 11 is 0. The molecule has 0 bridgehead atoms. The van der Waals surface area contributed by atoms with E-state index in [0.717, 1.165) is 25.3 Å². The molecule has 17 heavy (non-hydrogen) atoms. The van der Waals surface area contributed by atoms with E-state index in [9.17, 15) is 0 Å². The van der Waals surface area contributed by atoms with Gasteiger partial charge in [0.15, 0.2) is 0 Å². The average molecular weight is 225 g/mol. The van der Waals surface area contributed by atoms with E-state index in [0.29, 0.717) is 0 Å². The topological polar surface area (TPSA) is 37.0 Å². The van der Waals surface area contributed by atoms with Gasteiger partial charge < -0.3 is 10.6 Å². The largest absolute Gasteiger partial charge is 0.381 e. The maximum absolute atomic E-state index is 4.00. The van der Waals surface area contributed by atoms with Gasteiger partial charge >= 0.3 is 0 Å². The predicted molar refractivity (Wildman–Crippen MR) is 68.5 cm³/mol. The second-order valence-electron chi connectivity index (χ2n) is 4.30. The van der Waals surface area contributed by atoms with Crippen LogP contribution in [-0.2, 0) is 19.6 Å². The molecule has 86 valence electrons. The maximum Gasteiger partial charge on any atom is 0.0400 e. The van der Waals surface area contributed by atoms with Crippen LogP contribution in [0.2, 0.25) is 0 Å². The summed E-state index contributed by atoms with van der Waals surface area (Å²) in [6.45, 7) is 2.86. The molecule has 2 N–H and O–H groups in total. The molecule has 0 saturated heterocycles. The molecule has 0 unspecified atom stereocenters. The zero-order valence-electron chi connectivity index (χ0n) is 9.61. The molecule has 0 atom stereocenters. The zero-order chi connectivity index (χ0) is 11.5. The molecule has 3 rings (SSSR count). The average Bonchev–Trinajstić information content (AvgIpc) is 2.85. The van der Waals surface area contributed by atoms with Crippen LogP contribution in [0.4, 0.5) is 5.69 Å². The second-order valence-corrected chi connectivity index (χ2v) is 4.30. The number of hydrogen-bond donors (Lipinski definition) is 2. The lowest BCUT2D eigenvalue weighted by molar-refractivity contribution is 0.764. The molecule has 1 aromatic carbocycles. The highest BCUT2D eigenvalue weighted by atomic mass is 14.9. The first kappa shape index (κ1) is 10.3. The molecule has 0 amide bonds. The summed E-state index contributed by atoms with van der Waals surface area (Å²) < 4.78 is 0. The minimum Gasteiger partial charge on any atom is -0.381 e.